The van der Waals surface area contributed by atoms with Gasteiger partial charge in [-0.15, -0.1) is 0 Å². The number of aliphatic hydroxyl groups is 1. The third-order valence-electron chi connectivity index (χ3n) is 4.06. The fourth-order valence-electron chi connectivity index (χ4n) is 2.42. The minimum atomic E-state index is -3.84. The third kappa shape index (κ3) is 3.01. The zero-order valence-electron chi connectivity index (χ0n) is 12.7. The molecule has 0 bridgehead atoms. The monoisotopic (exact) mass is 317 g/mol. The number of rotatable bonds is 7. The molecular weight excluding hydrogens is 296 g/mol. The van der Waals surface area contributed by atoms with Gasteiger partial charge in [0, 0.05) is 13.5 Å². The van der Waals surface area contributed by atoms with Crippen LogP contribution in [0, 0.1) is 0 Å². The molecule has 1 amide bonds. The summed E-state index contributed by atoms with van der Waals surface area (Å²) in [6.45, 7) is 1.89. The largest absolute Gasteiger partial charge is 0.464 e. The summed E-state index contributed by atoms with van der Waals surface area (Å²) in [5.41, 5.74) is -2.24. The number of amides is 1. The number of hydrogen-bond donors (Lipinski definition) is 2. The molecule has 1 heterocycles. The quantitative estimate of drug-likeness (QED) is 0.809. The van der Waals surface area contributed by atoms with Crippen molar-refractivity contribution in [3.63, 3.8) is 0 Å². The summed E-state index contributed by atoms with van der Waals surface area (Å²) in [7, 11) is 1.40. The van der Waals surface area contributed by atoms with E-state index in [1.54, 1.807) is 12.1 Å². The van der Waals surface area contributed by atoms with Crippen LogP contribution in [-0.4, -0.2) is 36.3 Å². The van der Waals surface area contributed by atoms with Gasteiger partial charge in [-0.05, 0) is 31.4 Å². The van der Waals surface area contributed by atoms with E-state index in [9.17, 15) is 18.7 Å². The standard InChI is InChI=1S/C15H21F2NO4/c1-3-10-5-6-12(22-10)11(9-21-2)18-13(19)15(16,17)14(20)7-4-8-14/h5-6,11,20H,3-4,7-9H2,1-2H3,(H,18,19). The minimum absolute atomic E-state index is 0.00306. The van der Waals surface area contributed by atoms with Gasteiger partial charge in [-0.2, -0.15) is 8.78 Å². The van der Waals surface area contributed by atoms with Gasteiger partial charge in [-0.25, -0.2) is 0 Å². The number of alkyl halides is 2. The lowest BCUT2D eigenvalue weighted by molar-refractivity contribution is -0.216. The normalized spacial score (nSPS) is 18.6. The molecule has 1 aliphatic carbocycles. The molecule has 2 N–H and O–H groups in total. The second kappa shape index (κ2) is 6.34. The number of halogens is 2. The third-order valence-corrected chi connectivity index (χ3v) is 4.06. The van der Waals surface area contributed by atoms with Crippen LogP contribution < -0.4 is 5.32 Å². The highest BCUT2D eigenvalue weighted by Crippen LogP contribution is 2.44. The average Bonchev–Trinajstić information content (AvgIpc) is 2.92. The van der Waals surface area contributed by atoms with Gasteiger partial charge in [-0.3, -0.25) is 4.79 Å². The minimum Gasteiger partial charge on any atom is -0.464 e. The van der Waals surface area contributed by atoms with Crippen LogP contribution in [0.25, 0.3) is 0 Å². The van der Waals surface area contributed by atoms with Crippen molar-refractivity contribution in [1.82, 2.24) is 5.32 Å². The fraction of sp³-hybridized carbons (Fsp3) is 0.667. The second-order valence-corrected chi connectivity index (χ2v) is 5.60. The van der Waals surface area contributed by atoms with Crippen LogP contribution >= 0.6 is 0 Å². The molecule has 22 heavy (non-hydrogen) atoms. The number of carbonyl (C=O) groups is 1. The van der Waals surface area contributed by atoms with Crippen LogP contribution in [0.5, 0.6) is 0 Å². The first kappa shape index (κ1) is 16.9. The number of aryl methyl sites for hydroxylation is 1. The summed E-state index contributed by atoms with van der Waals surface area (Å²) < 4.78 is 38.6. The summed E-state index contributed by atoms with van der Waals surface area (Å²) in [4.78, 5) is 11.9. The van der Waals surface area contributed by atoms with Crippen molar-refractivity contribution in [2.24, 2.45) is 0 Å². The van der Waals surface area contributed by atoms with E-state index in [1.807, 2.05) is 6.92 Å². The molecule has 7 heteroatoms. The summed E-state index contributed by atoms with van der Waals surface area (Å²) in [6.07, 6.45) is 0.981. The number of hydrogen-bond acceptors (Lipinski definition) is 4. The molecule has 1 atom stereocenters. The van der Waals surface area contributed by atoms with Crippen molar-refractivity contribution in [1.29, 1.82) is 0 Å². The first-order chi connectivity index (χ1) is 10.3. The number of carbonyl (C=O) groups excluding carboxylic acids is 1. The van der Waals surface area contributed by atoms with E-state index in [4.69, 9.17) is 9.15 Å². The van der Waals surface area contributed by atoms with Crippen LogP contribution in [0.2, 0.25) is 0 Å². The number of ether oxygens (including phenoxy) is 1. The van der Waals surface area contributed by atoms with Gasteiger partial charge >= 0.3 is 5.92 Å². The van der Waals surface area contributed by atoms with Crippen molar-refractivity contribution in [2.75, 3.05) is 13.7 Å². The Hall–Kier alpha value is -1.47. The predicted octanol–water partition coefficient (Wildman–Crippen LogP) is 2.20. The Morgan fingerprint density at radius 1 is 1.55 bits per heavy atom. The van der Waals surface area contributed by atoms with Crippen molar-refractivity contribution in [2.45, 2.75) is 50.2 Å². The Kier molecular flexibility index (Phi) is 4.87. The highest BCUT2D eigenvalue weighted by atomic mass is 19.3. The van der Waals surface area contributed by atoms with Gasteiger partial charge in [0.05, 0.1) is 6.61 Å². The summed E-state index contributed by atoms with van der Waals surface area (Å²) in [6, 6.07) is 2.52. The smallest absolute Gasteiger partial charge is 0.352 e. The molecule has 5 nitrogen and oxygen atoms in total. The van der Waals surface area contributed by atoms with Crippen LogP contribution in [0.3, 0.4) is 0 Å². The van der Waals surface area contributed by atoms with E-state index in [1.165, 1.54) is 7.11 Å². The lowest BCUT2D eigenvalue weighted by Gasteiger charge is -2.41. The molecule has 2 rings (SSSR count). The first-order valence-electron chi connectivity index (χ1n) is 7.32. The van der Waals surface area contributed by atoms with Crippen molar-refractivity contribution < 1.29 is 27.8 Å². The van der Waals surface area contributed by atoms with Crippen LogP contribution in [0.15, 0.2) is 16.5 Å². The molecule has 1 aromatic rings. The van der Waals surface area contributed by atoms with Crippen molar-refractivity contribution in [3.8, 4) is 0 Å². The van der Waals surface area contributed by atoms with Gasteiger partial charge in [-0.1, -0.05) is 6.92 Å². The maximum Gasteiger partial charge on any atom is 0.352 e. The van der Waals surface area contributed by atoms with E-state index < -0.39 is 23.5 Å². The Labute approximate surface area is 127 Å². The lowest BCUT2D eigenvalue weighted by atomic mass is 9.75. The molecular formula is C15H21F2NO4. The lowest BCUT2D eigenvalue weighted by Crippen LogP contribution is -2.61. The molecule has 1 aromatic heterocycles. The SMILES string of the molecule is CCc1ccc(C(COC)NC(=O)C(F)(F)C2(O)CCC2)o1. The van der Waals surface area contributed by atoms with Crippen LogP contribution in [0.4, 0.5) is 8.78 Å². The zero-order valence-corrected chi connectivity index (χ0v) is 12.7. The average molecular weight is 317 g/mol. The number of methoxy groups -OCH3 is 1. The van der Waals surface area contributed by atoms with E-state index in [0.29, 0.717) is 24.4 Å². The van der Waals surface area contributed by atoms with Gasteiger partial charge in [0.2, 0.25) is 0 Å². The summed E-state index contributed by atoms with van der Waals surface area (Å²) in [5, 5.41) is 12.0. The fourth-order valence-corrected chi connectivity index (χ4v) is 2.42. The molecule has 0 saturated heterocycles. The van der Waals surface area contributed by atoms with E-state index in [2.05, 4.69) is 5.32 Å². The van der Waals surface area contributed by atoms with E-state index >= 15 is 0 Å². The highest BCUT2D eigenvalue weighted by molar-refractivity contribution is 5.85. The molecule has 0 aliphatic heterocycles. The van der Waals surface area contributed by atoms with Crippen LogP contribution in [0.1, 0.15) is 43.7 Å². The molecule has 1 aliphatic rings. The van der Waals surface area contributed by atoms with Crippen LogP contribution in [-0.2, 0) is 16.0 Å². The molecule has 0 radical (unpaired) electrons. The van der Waals surface area contributed by atoms with E-state index in [-0.39, 0.29) is 19.4 Å². The van der Waals surface area contributed by atoms with Gasteiger partial charge in [0.25, 0.3) is 5.91 Å². The van der Waals surface area contributed by atoms with E-state index in [0.717, 1.165) is 0 Å². The maximum atomic E-state index is 14.1. The molecule has 0 aromatic carbocycles. The topological polar surface area (TPSA) is 71.7 Å². The van der Waals surface area contributed by atoms with Gasteiger partial charge in [0.1, 0.15) is 23.2 Å². The Balaban J connectivity index is 2.11. The summed E-state index contributed by atoms with van der Waals surface area (Å²) >= 11 is 0. The molecule has 1 saturated carbocycles. The molecule has 0 spiro atoms. The Bertz CT molecular complexity index is 525. The predicted molar refractivity (Wildman–Crippen MR) is 74.6 cm³/mol. The van der Waals surface area contributed by atoms with Crippen molar-refractivity contribution >= 4 is 5.91 Å². The highest BCUT2D eigenvalue weighted by Gasteiger charge is 2.61. The zero-order chi connectivity index (χ0) is 16.4. The number of nitrogens with one attached hydrogen (secondary N) is 1. The molecule has 124 valence electrons. The number of furan rings is 1. The van der Waals surface area contributed by atoms with Gasteiger partial charge < -0.3 is 19.6 Å². The van der Waals surface area contributed by atoms with Gasteiger partial charge in [0.15, 0.2) is 0 Å². The molecule has 1 unspecified atom stereocenters. The summed E-state index contributed by atoms with van der Waals surface area (Å²) in [5.74, 6) is -4.30. The molecule has 1 fully saturated rings. The Morgan fingerprint density at radius 3 is 2.68 bits per heavy atom. The van der Waals surface area contributed by atoms with Crippen molar-refractivity contribution in [3.05, 3.63) is 23.7 Å². The maximum absolute atomic E-state index is 14.1. The first-order valence-corrected chi connectivity index (χ1v) is 7.32. The second-order valence-electron chi connectivity index (χ2n) is 5.60. The Morgan fingerprint density at radius 2 is 2.23 bits per heavy atom.